The first-order chi connectivity index (χ1) is 14.7. The number of thioether (sulfide) groups is 1. The number of benzene rings is 2. The van der Waals surface area contributed by atoms with Gasteiger partial charge in [0, 0.05) is 11.1 Å². The second-order valence-corrected chi connectivity index (χ2v) is 8.97. The van der Waals surface area contributed by atoms with Gasteiger partial charge in [-0.3, -0.25) is 4.79 Å². The van der Waals surface area contributed by atoms with E-state index in [1.807, 2.05) is 36.4 Å². The second kappa shape index (κ2) is 10.0. The molecule has 154 valence electrons. The summed E-state index contributed by atoms with van der Waals surface area (Å²) in [5, 5.41) is 9.48. The van der Waals surface area contributed by atoms with Gasteiger partial charge in [0.15, 0.2) is 5.78 Å². The molecule has 2 aromatic carbocycles. The Bertz CT molecular complexity index is 959. The first kappa shape index (κ1) is 20.8. The highest BCUT2D eigenvalue weighted by molar-refractivity contribution is 7.99. The molecule has 3 aromatic rings. The van der Waals surface area contributed by atoms with Crippen molar-refractivity contribution < 1.29 is 4.79 Å². The van der Waals surface area contributed by atoms with E-state index in [0.29, 0.717) is 11.7 Å². The van der Waals surface area contributed by atoms with Gasteiger partial charge in [0.1, 0.15) is 5.03 Å². The predicted octanol–water partition coefficient (Wildman–Crippen LogP) is 6.73. The maximum atomic E-state index is 12.4. The topological polar surface area (TPSA) is 42.9 Å². The van der Waals surface area contributed by atoms with Crippen LogP contribution in [-0.4, -0.2) is 21.7 Å². The minimum Gasteiger partial charge on any atom is -0.293 e. The molecule has 1 saturated carbocycles. The van der Waals surface area contributed by atoms with E-state index in [1.165, 1.54) is 55.0 Å². The van der Waals surface area contributed by atoms with Gasteiger partial charge in [0.05, 0.1) is 11.4 Å². The van der Waals surface area contributed by atoms with Gasteiger partial charge in [-0.15, -0.1) is 10.2 Å². The van der Waals surface area contributed by atoms with Crippen LogP contribution >= 0.6 is 11.8 Å². The summed E-state index contributed by atoms with van der Waals surface area (Å²) in [5.41, 5.74) is 5.40. The summed E-state index contributed by atoms with van der Waals surface area (Å²) < 4.78 is 0. The fourth-order valence-electron chi connectivity index (χ4n) is 4.06. The maximum absolute atomic E-state index is 12.4. The van der Waals surface area contributed by atoms with E-state index in [2.05, 4.69) is 41.4 Å². The van der Waals surface area contributed by atoms with E-state index in [0.717, 1.165) is 28.3 Å². The highest BCUT2D eigenvalue weighted by Crippen LogP contribution is 2.33. The van der Waals surface area contributed by atoms with Crippen LogP contribution in [0.5, 0.6) is 0 Å². The molecule has 1 aliphatic carbocycles. The zero-order valence-electron chi connectivity index (χ0n) is 17.5. The molecule has 0 amide bonds. The van der Waals surface area contributed by atoms with Crippen molar-refractivity contribution in [1.29, 1.82) is 0 Å². The molecule has 1 aromatic heterocycles. The average Bonchev–Trinajstić information content (AvgIpc) is 2.83. The number of Topliss-reactive ketones (excluding diaryl/α,β-unsaturated/α-hetero) is 1. The molecule has 0 radical (unpaired) electrons. The maximum Gasteiger partial charge on any atom is 0.173 e. The van der Waals surface area contributed by atoms with Crippen LogP contribution in [-0.2, 0) is 6.42 Å². The number of hydrogen-bond donors (Lipinski definition) is 0. The number of nitrogens with zero attached hydrogens (tertiary/aromatic N) is 2. The second-order valence-electron chi connectivity index (χ2n) is 7.98. The first-order valence-corrected chi connectivity index (χ1v) is 11.9. The first-order valence-electron chi connectivity index (χ1n) is 10.9. The summed E-state index contributed by atoms with van der Waals surface area (Å²) in [6.45, 7) is 2.11. The molecular formula is C26H28N2OS. The lowest BCUT2D eigenvalue weighted by Gasteiger charge is -2.22. The van der Waals surface area contributed by atoms with E-state index in [-0.39, 0.29) is 5.78 Å². The summed E-state index contributed by atoms with van der Waals surface area (Å²) in [6.07, 6.45) is 7.69. The van der Waals surface area contributed by atoms with Gasteiger partial charge in [-0.05, 0) is 48.4 Å². The van der Waals surface area contributed by atoms with Crippen molar-refractivity contribution in [2.24, 2.45) is 0 Å². The number of aromatic nitrogens is 2. The molecule has 4 rings (SSSR count). The lowest BCUT2D eigenvalue weighted by atomic mass is 9.84. The summed E-state index contributed by atoms with van der Waals surface area (Å²) >= 11 is 1.44. The smallest absolute Gasteiger partial charge is 0.173 e. The highest BCUT2D eigenvalue weighted by Gasteiger charge is 2.15. The molecule has 0 spiro atoms. The number of carbonyl (C=O) groups is 1. The van der Waals surface area contributed by atoms with Crippen LogP contribution in [0.2, 0.25) is 0 Å². The van der Waals surface area contributed by atoms with Crippen LogP contribution in [0, 0.1) is 0 Å². The molecule has 4 heteroatoms. The quantitative estimate of drug-likeness (QED) is 0.316. The Labute approximate surface area is 183 Å². The van der Waals surface area contributed by atoms with Gasteiger partial charge in [-0.1, -0.05) is 86.5 Å². The fourth-order valence-corrected chi connectivity index (χ4v) is 4.77. The van der Waals surface area contributed by atoms with Gasteiger partial charge < -0.3 is 0 Å². The molecule has 0 unspecified atom stereocenters. The van der Waals surface area contributed by atoms with E-state index >= 15 is 0 Å². The van der Waals surface area contributed by atoms with Crippen LogP contribution in [0.25, 0.3) is 11.3 Å². The normalized spacial score (nSPS) is 14.6. The van der Waals surface area contributed by atoms with Crippen molar-refractivity contribution in [2.75, 3.05) is 5.75 Å². The molecule has 0 atom stereocenters. The molecule has 0 N–H and O–H groups in total. The monoisotopic (exact) mass is 416 g/mol. The summed E-state index contributed by atoms with van der Waals surface area (Å²) in [4.78, 5) is 12.4. The zero-order chi connectivity index (χ0) is 20.8. The third-order valence-electron chi connectivity index (χ3n) is 5.96. The van der Waals surface area contributed by atoms with Gasteiger partial charge in [0.2, 0.25) is 0 Å². The molecule has 30 heavy (non-hydrogen) atoms. The van der Waals surface area contributed by atoms with E-state index in [1.54, 1.807) is 0 Å². The van der Waals surface area contributed by atoms with Crippen molar-refractivity contribution >= 4 is 17.5 Å². The van der Waals surface area contributed by atoms with Crippen LogP contribution in [0.15, 0.2) is 65.7 Å². The zero-order valence-corrected chi connectivity index (χ0v) is 18.3. The molecule has 0 saturated heterocycles. The Hall–Kier alpha value is -2.46. The molecular weight excluding hydrogens is 388 g/mol. The minimum absolute atomic E-state index is 0.117. The van der Waals surface area contributed by atoms with Gasteiger partial charge in [0.25, 0.3) is 0 Å². The van der Waals surface area contributed by atoms with E-state index in [4.69, 9.17) is 0 Å². The number of hydrogen-bond acceptors (Lipinski definition) is 4. The van der Waals surface area contributed by atoms with Crippen molar-refractivity contribution in [3.05, 3.63) is 77.4 Å². The number of rotatable bonds is 7. The van der Waals surface area contributed by atoms with Gasteiger partial charge in [-0.25, -0.2) is 0 Å². The number of aryl methyl sites for hydroxylation is 1. The standard InChI is InChI=1S/C26H28N2OS/c1-2-19-8-10-23(11-9-19)25(29)18-30-26-17-16-24(27-28-26)22-14-12-21(13-15-22)20-6-4-3-5-7-20/h8-17,20H,2-7,18H2,1H3. The fraction of sp³-hybridized carbons (Fsp3) is 0.346. The van der Waals surface area contributed by atoms with Gasteiger partial charge >= 0.3 is 0 Å². The van der Waals surface area contributed by atoms with E-state index in [9.17, 15) is 4.79 Å². The summed E-state index contributed by atoms with van der Waals surface area (Å²) in [6, 6.07) is 20.6. The molecule has 3 nitrogen and oxygen atoms in total. The van der Waals surface area contributed by atoms with Crippen LogP contribution in [0.1, 0.15) is 66.4 Å². The van der Waals surface area contributed by atoms with Crippen LogP contribution in [0.3, 0.4) is 0 Å². The van der Waals surface area contributed by atoms with Crippen LogP contribution in [0.4, 0.5) is 0 Å². The Morgan fingerprint density at radius 2 is 1.63 bits per heavy atom. The predicted molar refractivity (Wildman–Crippen MR) is 124 cm³/mol. The third-order valence-corrected chi connectivity index (χ3v) is 6.88. The Morgan fingerprint density at radius 3 is 2.27 bits per heavy atom. The average molecular weight is 417 g/mol. The molecule has 1 fully saturated rings. The lowest BCUT2D eigenvalue weighted by Crippen LogP contribution is -2.04. The van der Waals surface area contributed by atoms with Crippen molar-refractivity contribution in [1.82, 2.24) is 10.2 Å². The number of carbonyl (C=O) groups excluding carboxylic acids is 1. The molecule has 0 bridgehead atoms. The number of ketones is 1. The largest absolute Gasteiger partial charge is 0.293 e. The van der Waals surface area contributed by atoms with Crippen molar-refractivity contribution in [2.45, 2.75) is 56.4 Å². The van der Waals surface area contributed by atoms with Crippen molar-refractivity contribution in [3.63, 3.8) is 0 Å². The highest BCUT2D eigenvalue weighted by atomic mass is 32.2. The SMILES string of the molecule is CCc1ccc(C(=O)CSc2ccc(-c3ccc(C4CCCCC4)cc3)nn2)cc1. The molecule has 0 aliphatic heterocycles. The van der Waals surface area contributed by atoms with Crippen molar-refractivity contribution in [3.8, 4) is 11.3 Å². The van der Waals surface area contributed by atoms with Crippen LogP contribution < -0.4 is 0 Å². The summed E-state index contributed by atoms with van der Waals surface area (Å²) in [7, 11) is 0. The van der Waals surface area contributed by atoms with Gasteiger partial charge in [-0.2, -0.15) is 0 Å². The minimum atomic E-state index is 0.117. The van der Waals surface area contributed by atoms with E-state index < -0.39 is 0 Å². The molecule has 1 heterocycles. The Balaban J connectivity index is 1.34. The third kappa shape index (κ3) is 5.17. The molecule has 1 aliphatic rings. The lowest BCUT2D eigenvalue weighted by molar-refractivity contribution is 0.102. The summed E-state index contributed by atoms with van der Waals surface area (Å²) in [5.74, 6) is 1.20. The Kier molecular flexibility index (Phi) is 6.96. The Morgan fingerprint density at radius 1 is 0.900 bits per heavy atom.